The molecule has 0 aliphatic carbocycles. The van der Waals surface area contributed by atoms with E-state index in [2.05, 4.69) is 11.7 Å². The molecule has 0 aliphatic heterocycles. The van der Waals surface area contributed by atoms with Gasteiger partial charge in [-0.3, -0.25) is 4.79 Å². The van der Waals surface area contributed by atoms with Gasteiger partial charge in [0, 0.05) is 6.42 Å². The first-order chi connectivity index (χ1) is 5.66. The van der Waals surface area contributed by atoms with Crippen LogP contribution < -0.4 is 0 Å². The Morgan fingerprint density at radius 2 is 1.92 bits per heavy atom. The summed E-state index contributed by atoms with van der Waals surface area (Å²) < 4.78 is 3.91. The van der Waals surface area contributed by atoms with Crippen molar-refractivity contribution in [2.75, 3.05) is 0 Å². The van der Waals surface area contributed by atoms with Gasteiger partial charge in [0.15, 0.2) is 0 Å². The minimum absolute atomic E-state index is 0.201. The Hall–Kier alpha value is -1.06. The smallest absolute Gasteiger partial charge is 0.449 e. The minimum Gasteiger partial charge on any atom is -0.449 e. The van der Waals surface area contributed by atoms with Crippen LogP contribution in [0.5, 0.6) is 0 Å². The molecule has 4 heteroatoms. The van der Waals surface area contributed by atoms with Gasteiger partial charge in [0.25, 0.3) is 0 Å². The molecule has 12 heavy (non-hydrogen) atoms. The van der Waals surface area contributed by atoms with Crippen molar-refractivity contribution in [3.8, 4) is 0 Å². The van der Waals surface area contributed by atoms with Crippen LogP contribution in [0.1, 0.15) is 39.0 Å². The predicted molar refractivity (Wildman–Crippen MR) is 42.9 cm³/mol. The van der Waals surface area contributed by atoms with Crippen LogP contribution in [0.2, 0.25) is 0 Å². The largest absolute Gasteiger partial charge is 0.513 e. The molecule has 0 rings (SSSR count). The van der Waals surface area contributed by atoms with Gasteiger partial charge in [-0.2, -0.15) is 0 Å². The second-order valence-corrected chi connectivity index (χ2v) is 2.55. The van der Waals surface area contributed by atoms with Gasteiger partial charge in [-0.25, -0.2) is 4.79 Å². The van der Waals surface area contributed by atoms with Crippen LogP contribution in [0.4, 0.5) is 4.79 Å². The first-order valence-electron chi connectivity index (χ1n) is 4.10. The summed E-state index contributed by atoms with van der Waals surface area (Å²) in [6, 6.07) is 0. The van der Waals surface area contributed by atoms with E-state index in [4.69, 9.17) is 5.11 Å². The third-order valence-electron chi connectivity index (χ3n) is 1.44. The number of hydrogen-bond acceptors (Lipinski definition) is 3. The van der Waals surface area contributed by atoms with Crippen molar-refractivity contribution < 1.29 is 19.4 Å². The van der Waals surface area contributed by atoms with E-state index in [0.717, 1.165) is 19.3 Å². The molecule has 0 unspecified atom stereocenters. The molecule has 0 saturated heterocycles. The van der Waals surface area contributed by atoms with Crippen molar-refractivity contribution in [2.45, 2.75) is 39.0 Å². The van der Waals surface area contributed by atoms with E-state index < -0.39 is 12.1 Å². The number of ether oxygens (including phenoxy) is 1. The Kier molecular flexibility index (Phi) is 6.05. The standard InChI is InChI=1S/C8H14O4/c1-2-3-4-5-6-7(9)12-8(10)11/h2-6H2,1H3,(H,10,11). The summed E-state index contributed by atoms with van der Waals surface area (Å²) in [5.74, 6) is -0.654. The fourth-order valence-electron chi connectivity index (χ4n) is 0.845. The lowest BCUT2D eigenvalue weighted by molar-refractivity contribution is -0.139. The molecule has 0 radical (unpaired) electrons. The number of esters is 1. The third-order valence-corrected chi connectivity index (χ3v) is 1.44. The lowest BCUT2D eigenvalue weighted by atomic mass is 10.2. The van der Waals surface area contributed by atoms with E-state index in [1.165, 1.54) is 0 Å². The highest BCUT2D eigenvalue weighted by molar-refractivity contribution is 5.80. The summed E-state index contributed by atoms with van der Waals surface area (Å²) >= 11 is 0. The van der Waals surface area contributed by atoms with E-state index in [1.54, 1.807) is 0 Å². The maximum atomic E-state index is 10.6. The number of unbranched alkanes of at least 4 members (excludes halogenated alkanes) is 3. The van der Waals surface area contributed by atoms with Crippen LogP contribution in [0.3, 0.4) is 0 Å². The quantitative estimate of drug-likeness (QED) is 0.394. The molecule has 1 N–H and O–H groups in total. The van der Waals surface area contributed by atoms with Crippen LogP contribution in [0.25, 0.3) is 0 Å². The normalized spacial score (nSPS) is 9.42. The van der Waals surface area contributed by atoms with Crippen molar-refractivity contribution in [1.82, 2.24) is 0 Å². The summed E-state index contributed by atoms with van der Waals surface area (Å²) in [6.07, 6.45) is 2.50. The third kappa shape index (κ3) is 7.05. The van der Waals surface area contributed by atoms with Gasteiger partial charge < -0.3 is 9.84 Å². The van der Waals surface area contributed by atoms with Crippen LogP contribution in [-0.4, -0.2) is 17.2 Å². The average Bonchev–Trinajstić information content (AvgIpc) is 1.97. The van der Waals surface area contributed by atoms with Crippen molar-refractivity contribution >= 4 is 12.1 Å². The van der Waals surface area contributed by atoms with Crippen molar-refractivity contribution in [3.05, 3.63) is 0 Å². The van der Waals surface area contributed by atoms with Gasteiger partial charge in [0.2, 0.25) is 0 Å². The summed E-state index contributed by atoms with van der Waals surface area (Å²) in [6.45, 7) is 2.07. The maximum Gasteiger partial charge on any atom is 0.513 e. The molecule has 0 aromatic carbocycles. The molecule has 0 saturated carbocycles. The summed E-state index contributed by atoms with van der Waals surface area (Å²) in [5, 5.41) is 8.04. The Morgan fingerprint density at radius 1 is 1.25 bits per heavy atom. The Bertz CT molecular complexity index is 153. The first-order valence-corrected chi connectivity index (χ1v) is 4.10. The molecule has 0 aliphatic rings. The van der Waals surface area contributed by atoms with Gasteiger partial charge in [-0.1, -0.05) is 26.2 Å². The fourth-order valence-corrected chi connectivity index (χ4v) is 0.845. The maximum absolute atomic E-state index is 10.6. The van der Waals surface area contributed by atoms with Gasteiger partial charge in [0.05, 0.1) is 0 Å². The Balaban J connectivity index is 3.26. The zero-order chi connectivity index (χ0) is 9.40. The second-order valence-electron chi connectivity index (χ2n) is 2.55. The number of carbonyl (C=O) groups excluding carboxylic acids is 1. The SMILES string of the molecule is CCCCCCC(=O)OC(=O)O. The van der Waals surface area contributed by atoms with Crippen LogP contribution in [0.15, 0.2) is 0 Å². The topological polar surface area (TPSA) is 63.6 Å². The summed E-state index contributed by atoms with van der Waals surface area (Å²) in [5.41, 5.74) is 0. The van der Waals surface area contributed by atoms with E-state index in [9.17, 15) is 9.59 Å². The van der Waals surface area contributed by atoms with Gasteiger partial charge in [-0.05, 0) is 6.42 Å². The molecule has 0 aromatic rings. The minimum atomic E-state index is -1.52. The highest BCUT2D eigenvalue weighted by Crippen LogP contribution is 2.03. The molecule has 4 nitrogen and oxygen atoms in total. The van der Waals surface area contributed by atoms with Gasteiger partial charge in [-0.15, -0.1) is 0 Å². The molecule has 0 fully saturated rings. The lowest BCUT2D eigenvalue weighted by Gasteiger charge is -1.97. The number of rotatable bonds is 5. The molecule has 0 aromatic heterocycles. The van der Waals surface area contributed by atoms with Gasteiger partial charge in [0.1, 0.15) is 0 Å². The van der Waals surface area contributed by atoms with E-state index in [0.29, 0.717) is 6.42 Å². The lowest BCUT2D eigenvalue weighted by Crippen LogP contribution is -2.09. The zero-order valence-corrected chi connectivity index (χ0v) is 7.21. The molecule has 0 amide bonds. The molecule has 70 valence electrons. The average molecular weight is 174 g/mol. The highest BCUT2D eigenvalue weighted by atomic mass is 16.7. The van der Waals surface area contributed by atoms with Crippen molar-refractivity contribution in [1.29, 1.82) is 0 Å². The van der Waals surface area contributed by atoms with Crippen LogP contribution in [-0.2, 0) is 9.53 Å². The molecule has 0 bridgehead atoms. The number of hydrogen-bond donors (Lipinski definition) is 1. The summed E-state index contributed by atoms with van der Waals surface area (Å²) in [7, 11) is 0. The fraction of sp³-hybridized carbons (Fsp3) is 0.750. The Labute approximate surface area is 71.5 Å². The summed E-state index contributed by atoms with van der Waals surface area (Å²) in [4.78, 5) is 20.5. The predicted octanol–water partition coefficient (Wildman–Crippen LogP) is 2.18. The Morgan fingerprint density at radius 3 is 2.42 bits per heavy atom. The molecule has 0 atom stereocenters. The van der Waals surface area contributed by atoms with E-state index >= 15 is 0 Å². The number of carboxylic acid groups (broad SMARTS) is 1. The first kappa shape index (κ1) is 10.9. The molecular formula is C8H14O4. The molecular weight excluding hydrogens is 160 g/mol. The highest BCUT2D eigenvalue weighted by Gasteiger charge is 2.06. The molecule has 0 heterocycles. The number of carbonyl (C=O) groups is 2. The monoisotopic (exact) mass is 174 g/mol. The molecule has 0 spiro atoms. The van der Waals surface area contributed by atoms with E-state index in [1.807, 2.05) is 0 Å². The van der Waals surface area contributed by atoms with Crippen LogP contribution in [0, 0.1) is 0 Å². The second kappa shape index (κ2) is 6.64. The zero-order valence-electron chi connectivity index (χ0n) is 7.21. The van der Waals surface area contributed by atoms with Crippen molar-refractivity contribution in [2.24, 2.45) is 0 Å². The van der Waals surface area contributed by atoms with Crippen LogP contribution >= 0.6 is 0 Å². The van der Waals surface area contributed by atoms with Gasteiger partial charge >= 0.3 is 12.1 Å². The van der Waals surface area contributed by atoms with Crippen molar-refractivity contribution in [3.63, 3.8) is 0 Å². The van der Waals surface area contributed by atoms with E-state index in [-0.39, 0.29) is 6.42 Å².